The van der Waals surface area contributed by atoms with Crippen LogP contribution in [0.4, 0.5) is 0 Å². The number of carbonyl (C=O) groups excluding carboxylic acids is 2. The number of amides is 2. The molecule has 0 unspecified atom stereocenters. The molecule has 4 N–H and O–H groups in total. The SMILES string of the molecule is NC(=O)C(N)=O.[Pd]. The van der Waals surface area contributed by atoms with Crippen LogP contribution in [-0.4, -0.2) is 11.8 Å². The monoisotopic (exact) mass is 194 g/mol. The Labute approximate surface area is 53.9 Å². The van der Waals surface area contributed by atoms with Gasteiger partial charge in [0.1, 0.15) is 0 Å². The van der Waals surface area contributed by atoms with Crippen LogP contribution in [0.3, 0.4) is 0 Å². The normalized spacial score (nSPS) is 6.29. The number of carbonyl (C=O) groups is 2. The Morgan fingerprint density at radius 3 is 1.14 bits per heavy atom. The van der Waals surface area contributed by atoms with Crippen LogP contribution >= 0.6 is 0 Å². The van der Waals surface area contributed by atoms with Crippen molar-refractivity contribution in [2.45, 2.75) is 0 Å². The molecule has 0 heterocycles. The van der Waals surface area contributed by atoms with Crippen LogP contribution in [0.5, 0.6) is 0 Å². The molecule has 4 nitrogen and oxygen atoms in total. The first-order valence-electron chi connectivity index (χ1n) is 1.24. The Balaban J connectivity index is 0. The van der Waals surface area contributed by atoms with Gasteiger partial charge in [0.25, 0.3) is 0 Å². The van der Waals surface area contributed by atoms with Crippen LogP contribution < -0.4 is 11.5 Å². The number of nitrogens with two attached hydrogens (primary N) is 2. The van der Waals surface area contributed by atoms with E-state index in [9.17, 15) is 9.59 Å². The van der Waals surface area contributed by atoms with Gasteiger partial charge in [-0.3, -0.25) is 9.59 Å². The van der Waals surface area contributed by atoms with Gasteiger partial charge in [-0.1, -0.05) is 0 Å². The fraction of sp³-hybridized carbons (Fsp3) is 0. The van der Waals surface area contributed by atoms with Crippen molar-refractivity contribution < 1.29 is 30.0 Å². The molecule has 44 valence electrons. The van der Waals surface area contributed by atoms with Gasteiger partial charge in [-0.05, 0) is 0 Å². The number of primary amides is 2. The van der Waals surface area contributed by atoms with Gasteiger partial charge in [-0.25, -0.2) is 0 Å². The van der Waals surface area contributed by atoms with E-state index in [2.05, 4.69) is 11.5 Å². The van der Waals surface area contributed by atoms with E-state index in [1.165, 1.54) is 0 Å². The fourth-order valence-electron chi connectivity index (χ4n) is 0. The maximum atomic E-state index is 9.45. The second-order valence-electron chi connectivity index (χ2n) is 0.729. The van der Waals surface area contributed by atoms with E-state index in [-0.39, 0.29) is 20.4 Å². The zero-order valence-corrected chi connectivity index (χ0v) is 4.84. The van der Waals surface area contributed by atoms with Crippen LogP contribution in [0.15, 0.2) is 0 Å². The van der Waals surface area contributed by atoms with E-state index in [4.69, 9.17) is 0 Å². The summed E-state index contributed by atoms with van der Waals surface area (Å²) in [7, 11) is 0. The molecule has 0 aromatic heterocycles. The largest absolute Gasteiger partial charge is 0.361 e. The summed E-state index contributed by atoms with van der Waals surface area (Å²) in [6.07, 6.45) is 0. The maximum absolute atomic E-state index is 9.45. The predicted octanol–water partition coefficient (Wildman–Crippen LogP) is -2.05. The third-order valence-corrected chi connectivity index (χ3v) is 0.243. The number of hydrogen-bond acceptors (Lipinski definition) is 2. The van der Waals surface area contributed by atoms with Crippen LogP contribution in [0.25, 0.3) is 0 Å². The van der Waals surface area contributed by atoms with E-state index in [0.29, 0.717) is 0 Å². The van der Waals surface area contributed by atoms with E-state index in [0.717, 1.165) is 0 Å². The summed E-state index contributed by atoms with van der Waals surface area (Å²) in [4.78, 5) is 18.9. The number of hydrogen-bond donors (Lipinski definition) is 2. The molecule has 0 aromatic carbocycles. The minimum absolute atomic E-state index is 0. The average molecular weight is 194 g/mol. The van der Waals surface area contributed by atoms with Gasteiger partial charge in [0.05, 0.1) is 0 Å². The van der Waals surface area contributed by atoms with Crippen LogP contribution in [0.1, 0.15) is 0 Å². The Morgan fingerprint density at radius 1 is 1.00 bits per heavy atom. The molecule has 0 aliphatic heterocycles. The summed E-state index contributed by atoms with van der Waals surface area (Å²) in [5.74, 6) is -2.20. The molecule has 0 spiro atoms. The Kier molecular flexibility index (Phi) is 5.28. The molecule has 0 saturated heterocycles. The van der Waals surface area contributed by atoms with Crippen molar-refractivity contribution in [1.82, 2.24) is 0 Å². The standard InChI is InChI=1S/C2H4N2O2.Pd/c3-1(5)2(4)6;/h(H2,3,5)(H2,4,6);. The fourth-order valence-corrected chi connectivity index (χ4v) is 0. The first-order chi connectivity index (χ1) is 2.64. The first kappa shape index (κ1) is 9.78. The topological polar surface area (TPSA) is 86.2 Å². The van der Waals surface area contributed by atoms with E-state index in [1.807, 2.05) is 0 Å². The molecule has 0 rings (SSSR count). The average Bonchev–Trinajstić information content (AvgIpc) is 1.36. The summed E-state index contributed by atoms with van der Waals surface area (Å²) in [6, 6.07) is 0. The van der Waals surface area contributed by atoms with Gasteiger partial charge >= 0.3 is 11.8 Å². The molecule has 0 atom stereocenters. The van der Waals surface area contributed by atoms with Gasteiger partial charge < -0.3 is 11.5 Å². The van der Waals surface area contributed by atoms with Gasteiger partial charge in [0, 0.05) is 20.4 Å². The van der Waals surface area contributed by atoms with Crippen LogP contribution in [0, 0.1) is 0 Å². The first-order valence-corrected chi connectivity index (χ1v) is 1.24. The summed E-state index contributed by atoms with van der Waals surface area (Å²) in [5, 5.41) is 0. The Hall–Kier alpha value is -0.398. The molecule has 0 fully saturated rings. The third-order valence-electron chi connectivity index (χ3n) is 0.243. The van der Waals surface area contributed by atoms with E-state index in [1.54, 1.807) is 0 Å². The van der Waals surface area contributed by atoms with Crippen molar-refractivity contribution in [1.29, 1.82) is 0 Å². The molecule has 5 heteroatoms. The van der Waals surface area contributed by atoms with Gasteiger partial charge in [0.15, 0.2) is 0 Å². The van der Waals surface area contributed by atoms with Crippen LogP contribution in [-0.2, 0) is 30.0 Å². The molecule has 2 amide bonds. The van der Waals surface area contributed by atoms with Gasteiger partial charge in [-0.15, -0.1) is 0 Å². The molecule has 0 bridgehead atoms. The smallest absolute Gasteiger partial charge is 0.306 e. The van der Waals surface area contributed by atoms with Crippen molar-refractivity contribution in [2.24, 2.45) is 11.5 Å². The molecular formula is C2H4N2O2Pd. The van der Waals surface area contributed by atoms with Gasteiger partial charge in [-0.2, -0.15) is 0 Å². The van der Waals surface area contributed by atoms with Crippen molar-refractivity contribution in [3.63, 3.8) is 0 Å². The van der Waals surface area contributed by atoms with Crippen molar-refractivity contribution in [3.05, 3.63) is 0 Å². The van der Waals surface area contributed by atoms with E-state index < -0.39 is 11.8 Å². The Bertz CT molecular complexity index is 79.7. The van der Waals surface area contributed by atoms with Crippen LogP contribution in [0.2, 0.25) is 0 Å². The summed E-state index contributed by atoms with van der Waals surface area (Å²) >= 11 is 0. The summed E-state index contributed by atoms with van der Waals surface area (Å²) < 4.78 is 0. The van der Waals surface area contributed by atoms with Crippen molar-refractivity contribution in [2.75, 3.05) is 0 Å². The minimum Gasteiger partial charge on any atom is -0.361 e. The minimum atomic E-state index is -1.10. The van der Waals surface area contributed by atoms with Crippen molar-refractivity contribution >= 4 is 11.8 Å². The second kappa shape index (κ2) is 3.78. The molecule has 0 aromatic rings. The Morgan fingerprint density at radius 2 is 1.14 bits per heavy atom. The molecule has 7 heavy (non-hydrogen) atoms. The predicted molar refractivity (Wildman–Crippen MR) is 18.4 cm³/mol. The zero-order valence-electron chi connectivity index (χ0n) is 3.29. The molecule has 0 saturated carbocycles. The maximum Gasteiger partial charge on any atom is 0.306 e. The number of rotatable bonds is 0. The third kappa shape index (κ3) is 5.60. The molecule has 0 radical (unpaired) electrons. The summed E-state index contributed by atoms with van der Waals surface area (Å²) in [6.45, 7) is 0. The molecule has 0 aliphatic carbocycles. The van der Waals surface area contributed by atoms with Crippen molar-refractivity contribution in [3.8, 4) is 0 Å². The quantitative estimate of drug-likeness (QED) is 0.344. The zero-order chi connectivity index (χ0) is 5.15. The second-order valence-corrected chi connectivity index (χ2v) is 0.729. The molecular weight excluding hydrogens is 190 g/mol. The van der Waals surface area contributed by atoms with E-state index >= 15 is 0 Å². The summed E-state index contributed by atoms with van der Waals surface area (Å²) in [5.41, 5.74) is 8.64. The molecule has 0 aliphatic rings. The van der Waals surface area contributed by atoms with Gasteiger partial charge in [0.2, 0.25) is 0 Å².